The summed E-state index contributed by atoms with van der Waals surface area (Å²) in [7, 11) is 0. The average molecular weight is 156 g/mol. The van der Waals surface area contributed by atoms with Gasteiger partial charge in [-0.05, 0) is 25.2 Å². The molecule has 0 radical (unpaired) electrons. The molecule has 0 aliphatic rings. The summed E-state index contributed by atoms with van der Waals surface area (Å²) in [5.41, 5.74) is 0.0293. The van der Waals surface area contributed by atoms with Gasteiger partial charge in [0.25, 0.3) is 0 Å². The Kier molecular flexibility index (Phi) is 4.43. The van der Waals surface area contributed by atoms with E-state index in [4.69, 9.17) is 0 Å². The third-order valence-electron chi connectivity index (χ3n) is 1.84. The second-order valence-corrected chi connectivity index (χ2v) is 4.03. The van der Waals surface area contributed by atoms with Crippen molar-refractivity contribution in [3.05, 3.63) is 12.2 Å². The van der Waals surface area contributed by atoms with E-state index in [1.807, 2.05) is 13.0 Å². The van der Waals surface area contributed by atoms with Crippen molar-refractivity contribution in [2.24, 2.45) is 5.41 Å². The molecule has 1 unspecified atom stereocenters. The number of rotatable bonds is 3. The van der Waals surface area contributed by atoms with E-state index in [2.05, 4.69) is 26.8 Å². The predicted octanol–water partition coefficient (Wildman–Crippen LogP) is 2.75. The molecule has 0 amide bonds. The molecule has 1 nitrogen and oxygen atoms in total. The molecule has 66 valence electrons. The number of allylic oxidation sites excluding steroid dienone is 2. The van der Waals surface area contributed by atoms with Crippen LogP contribution in [0.1, 0.15) is 40.5 Å². The fraction of sp³-hybridized carbons (Fsp3) is 0.800. The Morgan fingerprint density at radius 2 is 1.91 bits per heavy atom. The molecular formula is C10H20O. The predicted molar refractivity (Wildman–Crippen MR) is 49.5 cm³/mol. The first kappa shape index (κ1) is 10.7. The van der Waals surface area contributed by atoms with Crippen molar-refractivity contribution in [2.45, 2.75) is 46.6 Å². The maximum absolute atomic E-state index is 9.58. The third kappa shape index (κ3) is 5.02. The standard InChI is InChI=1S/C10H20O/c1-5-6-7-8-9(11)10(2,3)4/h5-6,9,11H,7-8H2,1-4H3. The van der Waals surface area contributed by atoms with Gasteiger partial charge in [0, 0.05) is 0 Å². The smallest absolute Gasteiger partial charge is 0.0591 e. The van der Waals surface area contributed by atoms with Gasteiger partial charge in [-0.1, -0.05) is 32.9 Å². The van der Waals surface area contributed by atoms with Crippen molar-refractivity contribution in [3.8, 4) is 0 Å². The molecule has 1 N–H and O–H groups in total. The van der Waals surface area contributed by atoms with Gasteiger partial charge in [0.2, 0.25) is 0 Å². The Morgan fingerprint density at radius 3 is 2.27 bits per heavy atom. The lowest BCUT2D eigenvalue weighted by molar-refractivity contribution is 0.0566. The summed E-state index contributed by atoms with van der Waals surface area (Å²) < 4.78 is 0. The summed E-state index contributed by atoms with van der Waals surface area (Å²) in [6, 6.07) is 0. The van der Waals surface area contributed by atoms with Crippen LogP contribution in [-0.4, -0.2) is 11.2 Å². The van der Waals surface area contributed by atoms with E-state index in [0.29, 0.717) is 0 Å². The molecule has 0 aromatic heterocycles. The molecule has 0 rings (SSSR count). The zero-order chi connectivity index (χ0) is 8.91. The second kappa shape index (κ2) is 4.55. The molecule has 11 heavy (non-hydrogen) atoms. The Morgan fingerprint density at radius 1 is 1.36 bits per heavy atom. The van der Waals surface area contributed by atoms with Crippen LogP contribution >= 0.6 is 0 Å². The van der Waals surface area contributed by atoms with E-state index >= 15 is 0 Å². The van der Waals surface area contributed by atoms with Crippen LogP contribution in [0, 0.1) is 5.41 Å². The van der Waals surface area contributed by atoms with E-state index in [-0.39, 0.29) is 11.5 Å². The number of aliphatic hydroxyl groups excluding tert-OH is 1. The van der Waals surface area contributed by atoms with Crippen molar-refractivity contribution in [2.75, 3.05) is 0 Å². The van der Waals surface area contributed by atoms with Crippen molar-refractivity contribution in [1.29, 1.82) is 0 Å². The molecule has 0 aromatic rings. The van der Waals surface area contributed by atoms with Gasteiger partial charge in [-0.2, -0.15) is 0 Å². The quantitative estimate of drug-likeness (QED) is 0.623. The molecule has 1 heteroatoms. The molecule has 0 saturated heterocycles. The van der Waals surface area contributed by atoms with Gasteiger partial charge in [-0.15, -0.1) is 0 Å². The summed E-state index contributed by atoms with van der Waals surface area (Å²) in [5, 5.41) is 9.58. The normalized spacial score (nSPS) is 15.7. The van der Waals surface area contributed by atoms with E-state index in [9.17, 15) is 5.11 Å². The summed E-state index contributed by atoms with van der Waals surface area (Å²) in [4.78, 5) is 0. The van der Waals surface area contributed by atoms with E-state index in [1.54, 1.807) is 0 Å². The Labute approximate surface area is 70.1 Å². The van der Waals surface area contributed by atoms with Crippen LogP contribution in [0.4, 0.5) is 0 Å². The first-order valence-electron chi connectivity index (χ1n) is 4.27. The molecule has 0 heterocycles. The molecular weight excluding hydrogens is 136 g/mol. The van der Waals surface area contributed by atoms with Crippen LogP contribution in [0.15, 0.2) is 12.2 Å². The summed E-state index contributed by atoms with van der Waals surface area (Å²) in [6.07, 6.45) is 5.78. The van der Waals surface area contributed by atoms with Crippen LogP contribution in [0.2, 0.25) is 0 Å². The minimum absolute atomic E-state index is 0.0293. The molecule has 0 aliphatic heterocycles. The first-order valence-corrected chi connectivity index (χ1v) is 4.27. The van der Waals surface area contributed by atoms with Gasteiger partial charge >= 0.3 is 0 Å². The fourth-order valence-corrected chi connectivity index (χ4v) is 0.854. The molecule has 0 saturated carbocycles. The minimum Gasteiger partial charge on any atom is -0.393 e. The lowest BCUT2D eigenvalue weighted by Gasteiger charge is -2.25. The highest BCUT2D eigenvalue weighted by Crippen LogP contribution is 2.22. The lowest BCUT2D eigenvalue weighted by atomic mass is 9.86. The van der Waals surface area contributed by atoms with E-state index in [1.165, 1.54) is 0 Å². The topological polar surface area (TPSA) is 20.2 Å². The molecule has 1 atom stereocenters. The second-order valence-electron chi connectivity index (χ2n) is 4.03. The van der Waals surface area contributed by atoms with Gasteiger partial charge in [0.15, 0.2) is 0 Å². The molecule has 0 bridgehead atoms. The van der Waals surface area contributed by atoms with Crippen LogP contribution in [0.5, 0.6) is 0 Å². The number of hydrogen-bond acceptors (Lipinski definition) is 1. The van der Waals surface area contributed by atoms with Crippen molar-refractivity contribution < 1.29 is 5.11 Å². The van der Waals surface area contributed by atoms with Gasteiger partial charge < -0.3 is 5.11 Å². The molecule has 0 aliphatic carbocycles. The maximum Gasteiger partial charge on any atom is 0.0591 e. The molecule has 0 aromatic carbocycles. The highest BCUT2D eigenvalue weighted by molar-refractivity contribution is 4.81. The Bertz CT molecular complexity index is 119. The summed E-state index contributed by atoms with van der Waals surface area (Å²) >= 11 is 0. The van der Waals surface area contributed by atoms with Crippen molar-refractivity contribution >= 4 is 0 Å². The van der Waals surface area contributed by atoms with Crippen LogP contribution in [0.25, 0.3) is 0 Å². The Balaban J connectivity index is 3.61. The van der Waals surface area contributed by atoms with Gasteiger partial charge in [0.1, 0.15) is 0 Å². The maximum atomic E-state index is 9.58. The molecule has 0 fully saturated rings. The minimum atomic E-state index is -0.182. The SMILES string of the molecule is CC=CCCC(O)C(C)(C)C. The first-order chi connectivity index (χ1) is 4.98. The number of hydrogen-bond donors (Lipinski definition) is 1. The molecule has 0 spiro atoms. The van der Waals surface area contributed by atoms with Crippen molar-refractivity contribution in [1.82, 2.24) is 0 Å². The van der Waals surface area contributed by atoms with Gasteiger partial charge in [0.05, 0.1) is 6.10 Å². The number of aliphatic hydroxyl groups is 1. The fourth-order valence-electron chi connectivity index (χ4n) is 0.854. The summed E-state index contributed by atoms with van der Waals surface area (Å²) in [5.74, 6) is 0. The van der Waals surface area contributed by atoms with Crippen LogP contribution in [-0.2, 0) is 0 Å². The van der Waals surface area contributed by atoms with E-state index in [0.717, 1.165) is 12.8 Å². The zero-order valence-electron chi connectivity index (χ0n) is 8.09. The lowest BCUT2D eigenvalue weighted by Crippen LogP contribution is -2.25. The van der Waals surface area contributed by atoms with E-state index < -0.39 is 0 Å². The highest BCUT2D eigenvalue weighted by atomic mass is 16.3. The van der Waals surface area contributed by atoms with Gasteiger partial charge in [-0.25, -0.2) is 0 Å². The van der Waals surface area contributed by atoms with Crippen LogP contribution < -0.4 is 0 Å². The monoisotopic (exact) mass is 156 g/mol. The summed E-state index contributed by atoms with van der Waals surface area (Å²) in [6.45, 7) is 8.19. The third-order valence-corrected chi connectivity index (χ3v) is 1.84. The zero-order valence-corrected chi connectivity index (χ0v) is 8.09. The average Bonchev–Trinajstić information content (AvgIpc) is 1.86. The Hall–Kier alpha value is -0.300. The van der Waals surface area contributed by atoms with Crippen LogP contribution in [0.3, 0.4) is 0 Å². The largest absolute Gasteiger partial charge is 0.393 e. The van der Waals surface area contributed by atoms with Crippen molar-refractivity contribution in [3.63, 3.8) is 0 Å². The highest BCUT2D eigenvalue weighted by Gasteiger charge is 2.20. The van der Waals surface area contributed by atoms with Gasteiger partial charge in [-0.3, -0.25) is 0 Å².